The lowest BCUT2D eigenvalue weighted by molar-refractivity contribution is 0.853. The minimum Gasteiger partial charge on any atom is -0.301 e. The summed E-state index contributed by atoms with van der Waals surface area (Å²) in [7, 11) is 0. The molecule has 0 amide bonds. The molecule has 1 heterocycles. The monoisotopic (exact) mass is 308 g/mol. The van der Waals surface area contributed by atoms with Gasteiger partial charge in [0.25, 0.3) is 5.56 Å². The highest BCUT2D eigenvalue weighted by atomic mass is 35.5. The SMILES string of the molecule is CCC(C)Sc1nc(Cc2ccccc2Cl)cc(=O)[nH]1. The molecule has 1 aromatic carbocycles. The number of halogens is 1. The molecule has 0 saturated carbocycles. The highest BCUT2D eigenvalue weighted by Crippen LogP contribution is 2.22. The zero-order valence-corrected chi connectivity index (χ0v) is 13.1. The van der Waals surface area contributed by atoms with Crippen LogP contribution in [0.25, 0.3) is 0 Å². The zero-order valence-electron chi connectivity index (χ0n) is 11.5. The second kappa shape index (κ2) is 6.95. The summed E-state index contributed by atoms with van der Waals surface area (Å²) < 4.78 is 0. The topological polar surface area (TPSA) is 45.8 Å². The Labute approximate surface area is 127 Å². The Morgan fingerprint density at radius 2 is 2.15 bits per heavy atom. The third-order valence-corrected chi connectivity index (χ3v) is 4.51. The van der Waals surface area contributed by atoms with Crippen molar-refractivity contribution in [3.05, 3.63) is 57.0 Å². The van der Waals surface area contributed by atoms with Crippen molar-refractivity contribution < 1.29 is 0 Å². The molecule has 0 aliphatic carbocycles. The van der Waals surface area contributed by atoms with Crippen LogP contribution in [0.2, 0.25) is 5.02 Å². The van der Waals surface area contributed by atoms with E-state index in [1.54, 1.807) is 11.8 Å². The van der Waals surface area contributed by atoms with Gasteiger partial charge in [-0.05, 0) is 18.1 Å². The second-order valence-corrected chi connectivity index (χ2v) is 6.48. The highest BCUT2D eigenvalue weighted by Gasteiger charge is 2.08. The van der Waals surface area contributed by atoms with Gasteiger partial charge in [0.1, 0.15) is 0 Å². The first kappa shape index (κ1) is 15.1. The molecular formula is C15H17ClN2OS. The number of H-pyrrole nitrogens is 1. The predicted molar refractivity (Wildman–Crippen MR) is 84.7 cm³/mol. The zero-order chi connectivity index (χ0) is 14.5. The minimum absolute atomic E-state index is 0.118. The Hall–Kier alpha value is -1.26. The molecule has 0 aliphatic heterocycles. The summed E-state index contributed by atoms with van der Waals surface area (Å²) in [6, 6.07) is 9.15. The van der Waals surface area contributed by atoms with E-state index in [1.807, 2.05) is 24.3 Å². The molecule has 1 N–H and O–H groups in total. The number of rotatable bonds is 5. The average molecular weight is 309 g/mol. The van der Waals surface area contributed by atoms with E-state index in [0.29, 0.717) is 21.8 Å². The van der Waals surface area contributed by atoms with Crippen LogP contribution in [-0.4, -0.2) is 15.2 Å². The molecule has 5 heteroatoms. The molecule has 0 fully saturated rings. The van der Waals surface area contributed by atoms with Gasteiger partial charge in [0.05, 0.1) is 5.69 Å². The van der Waals surface area contributed by atoms with Gasteiger partial charge < -0.3 is 4.98 Å². The fourth-order valence-electron chi connectivity index (χ4n) is 1.74. The summed E-state index contributed by atoms with van der Waals surface area (Å²) in [5.41, 5.74) is 1.60. The molecule has 1 atom stereocenters. The van der Waals surface area contributed by atoms with E-state index in [9.17, 15) is 4.79 Å². The summed E-state index contributed by atoms with van der Waals surface area (Å²) in [5, 5.41) is 1.80. The minimum atomic E-state index is -0.118. The first-order chi connectivity index (χ1) is 9.58. The Kier molecular flexibility index (Phi) is 5.26. The first-order valence-electron chi connectivity index (χ1n) is 6.58. The van der Waals surface area contributed by atoms with Crippen LogP contribution in [0.4, 0.5) is 0 Å². The van der Waals surface area contributed by atoms with E-state index >= 15 is 0 Å². The van der Waals surface area contributed by atoms with Crippen LogP contribution in [-0.2, 0) is 6.42 Å². The maximum atomic E-state index is 11.7. The van der Waals surface area contributed by atoms with E-state index < -0.39 is 0 Å². The summed E-state index contributed by atoms with van der Waals surface area (Å²) in [6.45, 7) is 4.23. The molecular weight excluding hydrogens is 292 g/mol. The molecule has 0 spiro atoms. The Morgan fingerprint density at radius 3 is 2.85 bits per heavy atom. The molecule has 2 rings (SSSR count). The van der Waals surface area contributed by atoms with Gasteiger partial charge in [-0.2, -0.15) is 0 Å². The van der Waals surface area contributed by atoms with Crippen molar-refractivity contribution in [3.63, 3.8) is 0 Å². The second-order valence-electron chi connectivity index (χ2n) is 4.65. The van der Waals surface area contributed by atoms with Crippen LogP contribution in [0, 0.1) is 0 Å². The number of aromatic nitrogens is 2. The largest absolute Gasteiger partial charge is 0.301 e. The fourth-order valence-corrected chi connectivity index (χ4v) is 2.82. The van der Waals surface area contributed by atoms with Gasteiger partial charge in [-0.3, -0.25) is 4.79 Å². The van der Waals surface area contributed by atoms with Crippen LogP contribution in [0.1, 0.15) is 31.5 Å². The number of benzene rings is 1. The van der Waals surface area contributed by atoms with E-state index in [2.05, 4.69) is 23.8 Å². The van der Waals surface area contributed by atoms with E-state index in [1.165, 1.54) is 6.07 Å². The average Bonchev–Trinajstić information content (AvgIpc) is 2.40. The van der Waals surface area contributed by atoms with Crippen molar-refractivity contribution in [2.75, 3.05) is 0 Å². The smallest absolute Gasteiger partial charge is 0.251 e. The molecule has 0 radical (unpaired) electrons. The Morgan fingerprint density at radius 1 is 1.40 bits per heavy atom. The number of aromatic amines is 1. The van der Waals surface area contributed by atoms with Crippen LogP contribution < -0.4 is 5.56 Å². The molecule has 1 unspecified atom stereocenters. The van der Waals surface area contributed by atoms with Gasteiger partial charge >= 0.3 is 0 Å². The van der Waals surface area contributed by atoms with Crippen LogP contribution in [0.5, 0.6) is 0 Å². The molecule has 0 saturated heterocycles. The quantitative estimate of drug-likeness (QED) is 0.673. The number of thioether (sulfide) groups is 1. The summed E-state index contributed by atoms with van der Waals surface area (Å²) in [6.07, 6.45) is 1.60. The predicted octanol–water partition coefficient (Wildman–Crippen LogP) is 3.90. The standard InChI is InChI=1S/C15H17ClN2OS/c1-3-10(2)20-15-17-12(9-14(19)18-15)8-11-6-4-5-7-13(11)16/h4-7,9-10H,3,8H2,1-2H3,(H,17,18,19). The molecule has 3 nitrogen and oxygen atoms in total. The number of hydrogen-bond acceptors (Lipinski definition) is 3. The lowest BCUT2D eigenvalue weighted by atomic mass is 10.1. The third kappa shape index (κ3) is 4.12. The maximum Gasteiger partial charge on any atom is 0.251 e. The van der Waals surface area contributed by atoms with E-state index in [0.717, 1.165) is 17.7 Å². The van der Waals surface area contributed by atoms with Crippen LogP contribution in [0.15, 0.2) is 40.3 Å². The third-order valence-electron chi connectivity index (χ3n) is 2.99. The van der Waals surface area contributed by atoms with Gasteiger partial charge in [0.2, 0.25) is 0 Å². The van der Waals surface area contributed by atoms with Crippen molar-refractivity contribution in [2.24, 2.45) is 0 Å². The maximum absolute atomic E-state index is 11.7. The van der Waals surface area contributed by atoms with Crippen molar-refractivity contribution in [3.8, 4) is 0 Å². The normalized spacial score (nSPS) is 12.3. The number of nitrogens with one attached hydrogen (secondary N) is 1. The molecule has 2 aromatic rings. The highest BCUT2D eigenvalue weighted by molar-refractivity contribution is 7.99. The number of hydrogen-bond donors (Lipinski definition) is 1. The van der Waals surface area contributed by atoms with E-state index in [-0.39, 0.29) is 5.56 Å². The first-order valence-corrected chi connectivity index (χ1v) is 7.84. The van der Waals surface area contributed by atoms with Crippen molar-refractivity contribution in [1.29, 1.82) is 0 Å². The van der Waals surface area contributed by atoms with E-state index in [4.69, 9.17) is 11.6 Å². The van der Waals surface area contributed by atoms with Crippen molar-refractivity contribution in [1.82, 2.24) is 9.97 Å². The van der Waals surface area contributed by atoms with Gasteiger partial charge in [-0.25, -0.2) is 4.98 Å². The van der Waals surface area contributed by atoms with Gasteiger partial charge in [0.15, 0.2) is 5.16 Å². The lowest BCUT2D eigenvalue weighted by Gasteiger charge is -2.09. The fraction of sp³-hybridized carbons (Fsp3) is 0.333. The van der Waals surface area contributed by atoms with Crippen LogP contribution >= 0.6 is 23.4 Å². The molecule has 20 heavy (non-hydrogen) atoms. The van der Waals surface area contributed by atoms with Crippen LogP contribution in [0.3, 0.4) is 0 Å². The number of nitrogens with zero attached hydrogens (tertiary/aromatic N) is 1. The molecule has 0 aliphatic rings. The lowest BCUT2D eigenvalue weighted by Crippen LogP contribution is -2.11. The van der Waals surface area contributed by atoms with Crippen molar-refractivity contribution >= 4 is 23.4 Å². The summed E-state index contributed by atoms with van der Waals surface area (Å²) >= 11 is 7.73. The molecule has 106 valence electrons. The van der Waals surface area contributed by atoms with Gasteiger partial charge in [-0.15, -0.1) is 0 Å². The van der Waals surface area contributed by atoms with Gasteiger partial charge in [0, 0.05) is 22.8 Å². The summed E-state index contributed by atoms with van der Waals surface area (Å²) in [5.74, 6) is 0. The summed E-state index contributed by atoms with van der Waals surface area (Å²) in [4.78, 5) is 19.0. The Balaban J connectivity index is 2.24. The Bertz CT molecular complexity index is 642. The van der Waals surface area contributed by atoms with Crippen molar-refractivity contribution in [2.45, 2.75) is 37.1 Å². The molecule has 0 bridgehead atoms. The molecule has 1 aromatic heterocycles. The van der Waals surface area contributed by atoms with Gasteiger partial charge in [-0.1, -0.05) is 55.4 Å².